The van der Waals surface area contributed by atoms with Gasteiger partial charge in [0.15, 0.2) is 0 Å². The van der Waals surface area contributed by atoms with Crippen molar-refractivity contribution in [3.63, 3.8) is 0 Å². The molecule has 0 aliphatic rings. The first-order valence-corrected chi connectivity index (χ1v) is 44.9. The second-order valence-electron chi connectivity index (χ2n) is 30.1. The number of rotatable bonds is 77. The minimum absolute atomic E-state index is 0.0727. The predicted octanol–water partition coefficient (Wildman–Crippen LogP) is 22.1. The predicted molar refractivity (Wildman–Crippen MR) is 442 cm³/mol. The summed E-state index contributed by atoms with van der Waals surface area (Å²) in [6.07, 6.45) is 48.1. The molecule has 0 fully saturated rings. The number of aliphatic hydroxyl groups excluding tert-OH is 1. The molecular weight excluding hydrogens is 1350 g/mol. The Morgan fingerprint density at radius 3 is 0.888 bits per heavy atom. The fraction of sp³-hybridized carbons (Fsp3) is 0.932. The van der Waals surface area contributed by atoms with Gasteiger partial charge in [0.1, 0.15) is 32.0 Å². The molecule has 0 saturated carbocycles. The van der Waals surface area contributed by atoms with Gasteiger partial charge in [-0.25, -0.2) is 9.59 Å². The number of ether oxygens (including phenoxy) is 7. The van der Waals surface area contributed by atoms with Gasteiger partial charge in [-0.15, -0.1) is 0 Å². The van der Waals surface area contributed by atoms with Crippen LogP contribution in [0.25, 0.3) is 0 Å². The lowest BCUT2D eigenvalue weighted by Crippen LogP contribution is -2.39. The van der Waals surface area contributed by atoms with Gasteiger partial charge in [0.05, 0.1) is 19.8 Å². The van der Waals surface area contributed by atoms with Crippen molar-refractivity contribution in [1.29, 1.82) is 0 Å². The summed E-state index contributed by atoms with van der Waals surface area (Å²) in [7, 11) is 0. The van der Waals surface area contributed by atoms with E-state index in [4.69, 9.17) is 38.3 Å². The quantitative estimate of drug-likeness (QED) is 0.0328. The Morgan fingerprint density at radius 2 is 0.542 bits per heavy atom. The molecule has 107 heavy (non-hydrogen) atoms. The summed E-state index contributed by atoms with van der Waals surface area (Å²) >= 11 is 0. The standard InChI is InChI=1S/C44H86N2O7.C34H68N2O6.C10H20O2/c1-7-13-17-20-21-22-25-31-42(47)50-37-35-46(34-33-45(11-5)12-6)36-38-51-44(49)53-41(29-24-19-15-9-3)30-26-32-43(48)52-39-40(27-16-10-4)28-23-18-14-8-2;1-6-11-14-16-20-31(19-13-8-3)30-41-33(38)23-18-22-32(21-17-15-12-7-2)42-34(39)40-29-27-36(26-28-37)25-24-35(9-4)10-5;1-2-3-4-5-6-7-8-9-10(11)12/h40-41H,7-39H2,1-6H3;31-32,37H,6-30H2,1-5H3;2-9H2,1H3,(H,11,12). The van der Waals surface area contributed by atoms with Gasteiger partial charge in [-0.05, 0) is 128 Å². The molecule has 0 aliphatic carbocycles. The number of likely N-dealkylation sites (N-methyl/N-ethyl adjacent to an activating group) is 2. The van der Waals surface area contributed by atoms with Crippen LogP contribution in [0.2, 0.25) is 0 Å². The van der Waals surface area contributed by atoms with Crippen LogP contribution in [0.4, 0.5) is 9.59 Å². The zero-order valence-corrected chi connectivity index (χ0v) is 72.0. The van der Waals surface area contributed by atoms with Crippen molar-refractivity contribution < 1.29 is 72.1 Å². The number of nitrogens with zero attached hydrogens (tertiary/aromatic N) is 4. The third-order valence-corrected chi connectivity index (χ3v) is 20.5. The molecule has 0 aromatic rings. The maximum atomic E-state index is 12.8. The first-order valence-electron chi connectivity index (χ1n) is 44.9. The molecule has 0 aliphatic heterocycles. The number of aliphatic carboxylic acids is 1. The van der Waals surface area contributed by atoms with Gasteiger partial charge in [-0.1, -0.05) is 276 Å². The van der Waals surface area contributed by atoms with Gasteiger partial charge in [0, 0.05) is 78.0 Å². The first kappa shape index (κ1) is 107. The molecule has 0 rings (SSSR count). The number of esters is 3. The highest BCUT2D eigenvalue weighted by atomic mass is 16.7. The van der Waals surface area contributed by atoms with Crippen molar-refractivity contribution in [2.45, 2.75) is 403 Å². The van der Waals surface area contributed by atoms with E-state index in [1.165, 1.54) is 135 Å². The van der Waals surface area contributed by atoms with Crippen LogP contribution < -0.4 is 0 Å². The molecule has 0 aromatic carbocycles. The molecule has 0 heterocycles. The number of carbonyl (C=O) groups excluding carboxylic acids is 5. The van der Waals surface area contributed by atoms with E-state index in [2.05, 4.69) is 103 Å². The summed E-state index contributed by atoms with van der Waals surface area (Å²) in [4.78, 5) is 82.0. The zero-order valence-electron chi connectivity index (χ0n) is 72.0. The van der Waals surface area contributed by atoms with Gasteiger partial charge < -0.3 is 53.2 Å². The van der Waals surface area contributed by atoms with E-state index in [1.807, 2.05) is 0 Å². The molecule has 2 N–H and O–H groups in total. The molecule has 4 unspecified atom stereocenters. The van der Waals surface area contributed by atoms with Gasteiger partial charge in [0.2, 0.25) is 0 Å². The van der Waals surface area contributed by atoms with Gasteiger partial charge in [0.25, 0.3) is 0 Å². The fourth-order valence-electron chi connectivity index (χ4n) is 13.1. The maximum Gasteiger partial charge on any atom is 0.508 e. The molecule has 636 valence electrons. The monoisotopic (exact) mass is 1530 g/mol. The molecule has 0 radical (unpaired) electrons. The fourth-order valence-corrected chi connectivity index (χ4v) is 13.1. The minimum atomic E-state index is -0.663. The van der Waals surface area contributed by atoms with Crippen LogP contribution in [-0.4, -0.2) is 196 Å². The molecule has 0 bridgehead atoms. The average molecular weight is 1530 g/mol. The number of hydrogen-bond acceptors (Lipinski definition) is 18. The van der Waals surface area contributed by atoms with Gasteiger partial charge in [-0.2, -0.15) is 0 Å². The van der Waals surface area contributed by atoms with E-state index in [9.17, 15) is 33.9 Å². The Hall–Kier alpha value is -3.78. The van der Waals surface area contributed by atoms with E-state index in [0.29, 0.717) is 109 Å². The third kappa shape index (κ3) is 77.3. The first-order chi connectivity index (χ1) is 52.0. The lowest BCUT2D eigenvalue weighted by atomic mass is 9.96. The van der Waals surface area contributed by atoms with Crippen molar-refractivity contribution in [3.05, 3.63) is 0 Å². The lowest BCUT2D eigenvalue weighted by Gasteiger charge is -2.26. The normalized spacial score (nSPS) is 12.5. The highest BCUT2D eigenvalue weighted by Crippen LogP contribution is 2.23. The largest absolute Gasteiger partial charge is 0.508 e. The third-order valence-electron chi connectivity index (χ3n) is 20.5. The van der Waals surface area contributed by atoms with Crippen molar-refractivity contribution in [2.75, 3.05) is 118 Å². The van der Waals surface area contributed by atoms with Crippen molar-refractivity contribution in [1.82, 2.24) is 19.6 Å². The van der Waals surface area contributed by atoms with Crippen LogP contribution in [-0.2, 0) is 52.3 Å². The summed E-state index contributed by atoms with van der Waals surface area (Å²) in [5, 5.41) is 17.8. The number of hydrogen-bond donors (Lipinski definition) is 2. The second-order valence-corrected chi connectivity index (χ2v) is 30.1. The highest BCUT2D eigenvalue weighted by Gasteiger charge is 2.22. The van der Waals surface area contributed by atoms with Crippen LogP contribution in [0, 0.1) is 11.8 Å². The maximum absolute atomic E-state index is 12.8. The number of carboxylic acids is 1. The van der Waals surface area contributed by atoms with Crippen molar-refractivity contribution in [2.24, 2.45) is 11.8 Å². The summed E-state index contributed by atoms with van der Waals surface area (Å²) in [6, 6.07) is 0. The van der Waals surface area contributed by atoms with E-state index in [-0.39, 0.29) is 49.9 Å². The molecule has 0 spiro atoms. The molecule has 0 aromatic heterocycles. The number of aliphatic hydroxyl groups is 1. The van der Waals surface area contributed by atoms with Crippen molar-refractivity contribution in [3.8, 4) is 0 Å². The SMILES string of the molecule is CCCCCCC(CCCC)COC(=O)CCCC(CCCCCC)OC(=O)OCCN(CCO)CCN(CC)CC.CCCCCCCCCC(=O)O.CCCCCCCCCC(=O)OCCN(CCOC(=O)OC(CCCCCC)CCCC(=O)OCC(CCCC)CCCCCC)CCN(CC)CC. The van der Waals surface area contributed by atoms with Crippen LogP contribution in [0.15, 0.2) is 0 Å². The molecular formula is C88H174N4O15. The Labute approximate surface area is 658 Å². The number of carbonyl (C=O) groups is 6. The van der Waals surface area contributed by atoms with Gasteiger partial charge in [-0.3, -0.25) is 29.0 Å². The van der Waals surface area contributed by atoms with E-state index in [1.54, 1.807) is 0 Å². The minimum Gasteiger partial charge on any atom is -0.481 e. The average Bonchev–Trinajstić information content (AvgIpc) is 1.04. The molecule has 19 heteroatoms. The highest BCUT2D eigenvalue weighted by molar-refractivity contribution is 5.70. The zero-order chi connectivity index (χ0) is 79.7. The molecule has 0 saturated heterocycles. The Morgan fingerprint density at radius 1 is 0.271 bits per heavy atom. The summed E-state index contributed by atoms with van der Waals surface area (Å²) in [6.45, 7) is 37.7. The summed E-state index contributed by atoms with van der Waals surface area (Å²) in [5.74, 6) is -0.187. The Bertz CT molecular complexity index is 1930. The summed E-state index contributed by atoms with van der Waals surface area (Å²) in [5.41, 5.74) is 0. The molecule has 0 amide bonds. The lowest BCUT2D eigenvalue weighted by molar-refractivity contribution is -0.146. The topological polar surface area (TPSA) is 220 Å². The number of carboxylic acid groups (broad SMARTS) is 1. The van der Waals surface area contributed by atoms with Crippen LogP contribution in [0.5, 0.6) is 0 Å². The van der Waals surface area contributed by atoms with Crippen LogP contribution >= 0.6 is 0 Å². The van der Waals surface area contributed by atoms with Crippen LogP contribution in [0.3, 0.4) is 0 Å². The van der Waals surface area contributed by atoms with E-state index < -0.39 is 18.3 Å². The summed E-state index contributed by atoms with van der Waals surface area (Å²) < 4.78 is 39.5. The Balaban J connectivity index is -0.00000178. The molecule has 4 atom stereocenters. The smallest absolute Gasteiger partial charge is 0.481 e. The van der Waals surface area contributed by atoms with E-state index in [0.717, 1.165) is 174 Å². The van der Waals surface area contributed by atoms with E-state index >= 15 is 0 Å². The number of unbranched alkanes of at least 4 members (excludes halogenated alkanes) is 26. The Kier molecular flexibility index (Phi) is 85.0. The van der Waals surface area contributed by atoms with Gasteiger partial charge >= 0.3 is 36.2 Å². The second kappa shape index (κ2) is 84.7. The molecule has 19 nitrogen and oxygen atoms in total. The van der Waals surface area contributed by atoms with Crippen molar-refractivity contribution >= 4 is 36.2 Å². The van der Waals surface area contributed by atoms with Crippen LogP contribution in [0.1, 0.15) is 391 Å².